The van der Waals surface area contributed by atoms with Crippen LogP contribution in [0.2, 0.25) is 0 Å². The van der Waals surface area contributed by atoms with Crippen molar-refractivity contribution in [1.82, 2.24) is 5.32 Å². The van der Waals surface area contributed by atoms with Gasteiger partial charge in [-0.3, -0.25) is 4.79 Å². The van der Waals surface area contributed by atoms with E-state index in [9.17, 15) is 18.0 Å². The Bertz CT molecular complexity index is 499. The number of alkyl halides is 3. The van der Waals surface area contributed by atoms with Gasteiger partial charge in [-0.25, -0.2) is 0 Å². The highest BCUT2D eigenvalue weighted by atomic mass is 79.9. The number of nitrogens with one attached hydrogen (secondary N) is 2. The molecule has 1 saturated heterocycles. The molecule has 1 amide bonds. The molecule has 0 saturated carbocycles. The number of benzene rings is 1. The summed E-state index contributed by atoms with van der Waals surface area (Å²) in [6.45, 7) is 1.44. The maximum Gasteiger partial charge on any atom is 0.417 e. The van der Waals surface area contributed by atoms with Gasteiger partial charge in [-0.2, -0.15) is 13.2 Å². The molecule has 1 unspecified atom stereocenters. The van der Waals surface area contributed by atoms with E-state index in [2.05, 4.69) is 26.6 Å². The van der Waals surface area contributed by atoms with Crippen molar-refractivity contribution in [2.24, 2.45) is 5.92 Å². The number of piperidine rings is 1. The van der Waals surface area contributed by atoms with Gasteiger partial charge in [0.15, 0.2) is 0 Å². The zero-order chi connectivity index (χ0) is 14.8. The van der Waals surface area contributed by atoms with Gasteiger partial charge in [0.25, 0.3) is 0 Å². The van der Waals surface area contributed by atoms with E-state index in [1.54, 1.807) is 0 Å². The minimum Gasteiger partial charge on any atom is -0.326 e. The second-order valence-corrected chi connectivity index (χ2v) is 5.58. The first-order chi connectivity index (χ1) is 9.38. The number of hydrogen-bond acceptors (Lipinski definition) is 2. The molecular formula is C13H14BrF3N2O. The summed E-state index contributed by atoms with van der Waals surface area (Å²) in [5.41, 5.74) is -0.631. The van der Waals surface area contributed by atoms with Crippen LogP contribution in [0.1, 0.15) is 18.4 Å². The first kappa shape index (κ1) is 15.3. The Balaban J connectivity index is 2.11. The van der Waals surface area contributed by atoms with E-state index in [0.717, 1.165) is 25.5 Å². The lowest BCUT2D eigenvalue weighted by Gasteiger charge is -2.22. The predicted octanol–water partition coefficient (Wildman–Crippen LogP) is 3.41. The minimum atomic E-state index is -4.45. The lowest BCUT2D eigenvalue weighted by molar-refractivity contribution is -0.138. The van der Waals surface area contributed by atoms with Crippen LogP contribution in [0.3, 0.4) is 0 Å². The van der Waals surface area contributed by atoms with Crippen molar-refractivity contribution < 1.29 is 18.0 Å². The number of anilines is 1. The average Bonchev–Trinajstić information content (AvgIpc) is 2.40. The van der Waals surface area contributed by atoms with Crippen molar-refractivity contribution in [3.8, 4) is 0 Å². The summed E-state index contributed by atoms with van der Waals surface area (Å²) >= 11 is 2.87. The van der Waals surface area contributed by atoms with E-state index in [1.807, 2.05) is 0 Å². The molecule has 1 atom stereocenters. The van der Waals surface area contributed by atoms with E-state index < -0.39 is 11.7 Å². The van der Waals surface area contributed by atoms with E-state index in [4.69, 9.17) is 0 Å². The maximum atomic E-state index is 12.8. The zero-order valence-electron chi connectivity index (χ0n) is 10.6. The lowest BCUT2D eigenvalue weighted by Crippen LogP contribution is -2.37. The Kier molecular flexibility index (Phi) is 4.70. The molecule has 3 nitrogen and oxygen atoms in total. The molecule has 2 rings (SSSR count). The molecule has 1 aromatic carbocycles. The van der Waals surface area contributed by atoms with Crippen LogP contribution in [0, 0.1) is 5.92 Å². The Morgan fingerprint density at radius 1 is 1.40 bits per heavy atom. The summed E-state index contributed by atoms with van der Waals surface area (Å²) < 4.78 is 38.3. The zero-order valence-corrected chi connectivity index (χ0v) is 12.1. The summed E-state index contributed by atoms with van der Waals surface area (Å²) in [4.78, 5) is 12.0. The van der Waals surface area contributed by atoms with E-state index >= 15 is 0 Å². The van der Waals surface area contributed by atoms with Gasteiger partial charge in [-0.15, -0.1) is 0 Å². The van der Waals surface area contributed by atoms with Crippen LogP contribution in [0.5, 0.6) is 0 Å². The Morgan fingerprint density at radius 3 is 2.75 bits per heavy atom. The molecule has 110 valence electrons. The van der Waals surface area contributed by atoms with Crippen LogP contribution in [0.25, 0.3) is 0 Å². The standard InChI is InChI=1S/C13H14BrF3N2O/c14-11-4-3-9(6-10(11)13(15,16)17)19-12(20)8-2-1-5-18-7-8/h3-4,6,8,18H,1-2,5,7H2,(H,19,20). The number of halogens is 4. The van der Waals surface area contributed by atoms with Crippen molar-refractivity contribution >= 4 is 27.5 Å². The monoisotopic (exact) mass is 350 g/mol. The number of amides is 1. The third kappa shape index (κ3) is 3.73. The smallest absolute Gasteiger partial charge is 0.326 e. The fourth-order valence-electron chi connectivity index (χ4n) is 2.14. The number of hydrogen-bond donors (Lipinski definition) is 2. The van der Waals surface area contributed by atoms with Crippen molar-refractivity contribution in [3.05, 3.63) is 28.2 Å². The van der Waals surface area contributed by atoms with Gasteiger partial charge in [0.1, 0.15) is 0 Å². The van der Waals surface area contributed by atoms with Crippen molar-refractivity contribution in [2.75, 3.05) is 18.4 Å². The summed E-state index contributed by atoms with van der Waals surface area (Å²) in [5, 5.41) is 5.65. The van der Waals surface area contributed by atoms with E-state index in [0.29, 0.717) is 6.54 Å². The first-order valence-corrected chi connectivity index (χ1v) is 7.05. The number of carbonyl (C=O) groups excluding carboxylic acids is 1. The molecule has 1 aromatic rings. The molecule has 0 aromatic heterocycles. The summed E-state index contributed by atoms with van der Waals surface area (Å²) in [6.07, 6.45) is -2.81. The van der Waals surface area contributed by atoms with Crippen LogP contribution in [-0.4, -0.2) is 19.0 Å². The van der Waals surface area contributed by atoms with Crippen LogP contribution in [0.4, 0.5) is 18.9 Å². The van der Waals surface area contributed by atoms with Gasteiger partial charge in [0.05, 0.1) is 11.5 Å². The lowest BCUT2D eigenvalue weighted by atomic mass is 9.99. The van der Waals surface area contributed by atoms with Gasteiger partial charge in [-0.1, -0.05) is 15.9 Å². The van der Waals surface area contributed by atoms with Gasteiger partial charge in [-0.05, 0) is 37.6 Å². The summed E-state index contributed by atoms with van der Waals surface area (Å²) in [5.74, 6) is -0.436. The van der Waals surface area contributed by atoms with Crippen molar-refractivity contribution in [3.63, 3.8) is 0 Å². The molecule has 20 heavy (non-hydrogen) atoms. The second kappa shape index (κ2) is 6.13. The third-order valence-electron chi connectivity index (χ3n) is 3.21. The van der Waals surface area contributed by atoms with Crippen LogP contribution in [0.15, 0.2) is 22.7 Å². The molecule has 2 N–H and O–H groups in total. The molecular weight excluding hydrogens is 337 g/mol. The molecule has 0 bridgehead atoms. The Labute approximate surface area is 123 Å². The van der Waals surface area contributed by atoms with Crippen molar-refractivity contribution in [2.45, 2.75) is 19.0 Å². The SMILES string of the molecule is O=C(Nc1ccc(Br)c(C(F)(F)F)c1)C1CCCNC1. The molecule has 0 aliphatic carbocycles. The maximum absolute atomic E-state index is 12.8. The molecule has 0 spiro atoms. The topological polar surface area (TPSA) is 41.1 Å². The van der Waals surface area contributed by atoms with Gasteiger partial charge in [0.2, 0.25) is 5.91 Å². The highest BCUT2D eigenvalue weighted by molar-refractivity contribution is 9.10. The van der Waals surface area contributed by atoms with Crippen molar-refractivity contribution in [1.29, 1.82) is 0 Å². The van der Waals surface area contributed by atoms with Crippen LogP contribution >= 0.6 is 15.9 Å². The minimum absolute atomic E-state index is 0.0395. The number of carbonyl (C=O) groups is 1. The van der Waals surface area contributed by atoms with E-state index in [1.165, 1.54) is 12.1 Å². The highest BCUT2D eigenvalue weighted by Gasteiger charge is 2.33. The molecule has 0 radical (unpaired) electrons. The Hall–Kier alpha value is -1.08. The normalized spacial score (nSPS) is 19.7. The fraction of sp³-hybridized carbons (Fsp3) is 0.462. The second-order valence-electron chi connectivity index (χ2n) is 4.72. The third-order valence-corrected chi connectivity index (χ3v) is 3.90. The van der Waals surface area contributed by atoms with Gasteiger partial charge in [0, 0.05) is 16.7 Å². The molecule has 1 fully saturated rings. The molecule has 7 heteroatoms. The van der Waals surface area contributed by atoms with Gasteiger partial charge >= 0.3 is 6.18 Å². The van der Waals surface area contributed by atoms with E-state index in [-0.39, 0.29) is 22.0 Å². The fourth-order valence-corrected chi connectivity index (χ4v) is 2.61. The molecule has 1 aliphatic rings. The van der Waals surface area contributed by atoms with Crippen LogP contribution in [-0.2, 0) is 11.0 Å². The van der Waals surface area contributed by atoms with Gasteiger partial charge < -0.3 is 10.6 Å². The number of rotatable bonds is 2. The summed E-state index contributed by atoms with van der Waals surface area (Å²) in [7, 11) is 0. The first-order valence-electron chi connectivity index (χ1n) is 6.26. The van der Waals surface area contributed by atoms with Crippen LogP contribution < -0.4 is 10.6 Å². The Morgan fingerprint density at radius 2 is 2.15 bits per heavy atom. The average molecular weight is 351 g/mol. The molecule has 1 heterocycles. The molecule has 1 aliphatic heterocycles. The highest BCUT2D eigenvalue weighted by Crippen LogP contribution is 2.36. The largest absolute Gasteiger partial charge is 0.417 e. The summed E-state index contributed by atoms with van der Waals surface area (Å²) in [6, 6.07) is 3.68. The quantitative estimate of drug-likeness (QED) is 0.858. The predicted molar refractivity (Wildman–Crippen MR) is 73.4 cm³/mol.